The fourth-order valence-electron chi connectivity index (χ4n) is 2.15. The van der Waals surface area contributed by atoms with Crippen molar-refractivity contribution in [2.75, 3.05) is 23.7 Å². The molecule has 1 aliphatic rings. The van der Waals surface area contributed by atoms with Crippen molar-refractivity contribution in [3.8, 4) is 0 Å². The third kappa shape index (κ3) is 4.19. The molecule has 3 N–H and O–H groups in total. The summed E-state index contributed by atoms with van der Waals surface area (Å²) in [5.41, 5.74) is 2.98. The van der Waals surface area contributed by atoms with Crippen LogP contribution in [0.1, 0.15) is 5.56 Å². The van der Waals surface area contributed by atoms with Gasteiger partial charge in [0.25, 0.3) is 0 Å². The van der Waals surface area contributed by atoms with Crippen LogP contribution in [0.4, 0.5) is 11.4 Å². The van der Waals surface area contributed by atoms with Gasteiger partial charge < -0.3 is 16.0 Å². The van der Waals surface area contributed by atoms with E-state index >= 15 is 0 Å². The molecule has 1 aliphatic heterocycles. The predicted molar refractivity (Wildman–Crippen MR) is 99.4 cm³/mol. The van der Waals surface area contributed by atoms with Gasteiger partial charge in [-0.15, -0.1) is 12.4 Å². The second-order valence-electron chi connectivity index (χ2n) is 4.68. The van der Waals surface area contributed by atoms with Crippen LogP contribution in [-0.4, -0.2) is 24.0 Å². The average molecular weight is 333 g/mol. The normalized spacial score (nSPS) is 12.6. The number of halogens is 1. The van der Waals surface area contributed by atoms with Crippen molar-refractivity contribution in [1.29, 1.82) is 0 Å². The zero-order chi connectivity index (χ0) is 14.5. The lowest BCUT2D eigenvalue weighted by molar-refractivity contribution is 0.960. The number of nitrogens with zero attached hydrogens (tertiary/aromatic N) is 1. The highest BCUT2D eigenvalue weighted by molar-refractivity contribution is 7.80. The van der Waals surface area contributed by atoms with Gasteiger partial charge >= 0.3 is 0 Å². The molecule has 0 bridgehead atoms. The van der Waals surface area contributed by atoms with Crippen LogP contribution < -0.4 is 16.0 Å². The summed E-state index contributed by atoms with van der Waals surface area (Å²) >= 11 is 5.33. The molecule has 0 radical (unpaired) electrons. The maximum absolute atomic E-state index is 5.33. The van der Waals surface area contributed by atoms with Gasteiger partial charge in [0.2, 0.25) is 0 Å². The Morgan fingerprint density at radius 1 is 1.00 bits per heavy atom. The number of hydrogen-bond acceptors (Lipinski definition) is 3. The van der Waals surface area contributed by atoms with E-state index in [2.05, 4.69) is 20.9 Å². The van der Waals surface area contributed by atoms with E-state index in [1.165, 1.54) is 0 Å². The molecule has 22 heavy (non-hydrogen) atoms. The van der Waals surface area contributed by atoms with Gasteiger partial charge in [-0.05, 0) is 36.5 Å². The molecule has 6 heteroatoms. The van der Waals surface area contributed by atoms with Crippen molar-refractivity contribution in [3.05, 3.63) is 60.2 Å². The molecule has 0 fully saturated rings. The number of para-hydroxylation sites is 1. The first-order chi connectivity index (χ1) is 10.3. The molecule has 2 aromatic carbocycles. The first-order valence-corrected chi connectivity index (χ1v) is 7.24. The minimum Gasteiger partial charge on any atom is -0.368 e. The number of benzene rings is 2. The van der Waals surface area contributed by atoms with Gasteiger partial charge in [0.15, 0.2) is 5.11 Å². The summed E-state index contributed by atoms with van der Waals surface area (Å²) in [5, 5.41) is 10.2. The average Bonchev–Trinajstić information content (AvgIpc) is 3.02. The Hall–Kier alpha value is -2.11. The second kappa shape index (κ2) is 7.77. The third-order valence-corrected chi connectivity index (χ3v) is 3.30. The Labute approximate surface area is 141 Å². The van der Waals surface area contributed by atoms with Crippen LogP contribution in [-0.2, 0) is 0 Å². The van der Waals surface area contributed by atoms with E-state index in [-0.39, 0.29) is 12.4 Å². The topological polar surface area (TPSA) is 48.5 Å². The zero-order valence-corrected chi connectivity index (χ0v) is 13.5. The number of rotatable bonds is 3. The number of nitrogens with one attached hydrogen (secondary N) is 3. The van der Waals surface area contributed by atoms with Crippen LogP contribution in [0, 0.1) is 0 Å². The molecule has 0 saturated carbocycles. The summed E-state index contributed by atoms with van der Waals surface area (Å²) in [7, 11) is 0. The molecule has 0 saturated heterocycles. The van der Waals surface area contributed by atoms with Crippen molar-refractivity contribution in [2.45, 2.75) is 0 Å². The molecule has 0 atom stereocenters. The second-order valence-corrected chi connectivity index (χ2v) is 5.09. The number of aliphatic imine (C=N–C) groups is 1. The first-order valence-electron chi connectivity index (χ1n) is 6.83. The molecule has 0 amide bonds. The van der Waals surface area contributed by atoms with Gasteiger partial charge in [-0.3, -0.25) is 4.99 Å². The quantitative estimate of drug-likeness (QED) is 0.755. The van der Waals surface area contributed by atoms with Crippen LogP contribution in [0.2, 0.25) is 0 Å². The fourth-order valence-corrected chi connectivity index (χ4v) is 2.39. The van der Waals surface area contributed by atoms with E-state index in [9.17, 15) is 0 Å². The summed E-state index contributed by atoms with van der Waals surface area (Å²) < 4.78 is 0. The molecule has 2 aromatic rings. The van der Waals surface area contributed by atoms with E-state index in [0.717, 1.165) is 35.9 Å². The van der Waals surface area contributed by atoms with E-state index in [4.69, 9.17) is 12.2 Å². The highest BCUT2D eigenvalue weighted by Crippen LogP contribution is 2.13. The molecular formula is C16H17ClN4S. The summed E-state index contributed by atoms with van der Waals surface area (Å²) in [5.74, 6) is 0.945. The molecule has 114 valence electrons. The first kappa shape index (κ1) is 16.3. The van der Waals surface area contributed by atoms with E-state index in [1.807, 2.05) is 54.6 Å². The van der Waals surface area contributed by atoms with Gasteiger partial charge in [-0.25, -0.2) is 0 Å². The van der Waals surface area contributed by atoms with Crippen LogP contribution in [0.3, 0.4) is 0 Å². The summed E-state index contributed by atoms with van der Waals surface area (Å²) in [6, 6.07) is 17.9. The summed E-state index contributed by atoms with van der Waals surface area (Å²) in [4.78, 5) is 4.42. The standard InChI is InChI=1S/C16H16N4S.ClH/c21-16(19-13-6-2-1-3-7-13)20-14-8-4-5-12(11-14)15-17-9-10-18-15;/h1-8,11H,9-10H2,(H,17,18)(H2,19,20,21);1H. The van der Waals surface area contributed by atoms with Gasteiger partial charge in [0, 0.05) is 23.5 Å². The van der Waals surface area contributed by atoms with Gasteiger partial charge in [0.1, 0.15) is 5.84 Å². The summed E-state index contributed by atoms with van der Waals surface area (Å²) in [6.45, 7) is 1.74. The highest BCUT2D eigenvalue weighted by Gasteiger charge is 2.08. The van der Waals surface area contributed by atoms with Gasteiger partial charge in [-0.1, -0.05) is 30.3 Å². The Kier molecular flexibility index (Phi) is 5.75. The fraction of sp³-hybridized carbons (Fsp3) is 0.125. The molecule has 0 unspecified atom stereocenters. The smallest absolute Gasteiger partial charge is 0.175 e. The van der Waals surface area contributed by atoms with Gasteiger partial charge in [-0.2, -0.15) is 0 Å². The monoisotopic (exact) mass is 332 g/mol. The van der Waals surface area contributed by atoms with Crippen molar-refractivity contribution >= 4 is 46.9 Å². The van der Waals surface area contributed by atoms with Crippen LogP contribution in [0.15, 0.2) is 59.6 Å². The molecule has 0 aliphatic carbocycles. The van der Waals surface area contributed by atoms with Crippen molar-refractivity contribution in [2.24, 2.45) is 4.99 Å². The Balaban J connectivity index is 0.00000176. The highest BCUT2D eigenvalue weighted by atomic mass is 35.5. The number of anilines is 2. The zero-order valence-electron chi connectivity index (χ0n) is 11.9. The van der Waals surface area contributed by atoms with Crippen LogP contribution in [0.5, 0.6) is 0 Å². The Morgan fingerprint density at radius 2 is 1.73 bits per heavy atom. The molecular weight excluding hydrogens is 316 g/mol. The lowest BCUT2D eigenvalue weighted by Gasteiger charge is -2.11. The minimum absolute atomic E-state index is 0. The van der Waals surface area contributed by atoms with Crippen molar-refractivity contribution in [1.82, 2.24) is 5.32 Å². The Bertz CT molecular complexity index is 673. The van der Waals surface area contributed by atoms with Crippen LogP contribution >= 0.6 is 24.6 Å². The lowest BCUT2D eigenvalue weighted by Crippen LogP contribution is -2.21. The predicted octanol–water partition coefficient (Wildman–Crippen LogP) is 3.27. The van der Waals surface area contributed by atoms with Gasteiger partial charge in [0.05, 0.1) is 6.54 Å². The number of amidine groups is 1. The third-order valence-electron chi connectivity index (χ3n) is 3.10. The molecule has 0 aromatic heterocycles. The number of thiocarbonyl (C=S) groups is 1. The maximum Gasteiger partial charge on any atom is 0.175 e. The van der Waals surface area contributed by atoms with Crippen molar-refractivity contribution in [3.63, 3.8) is 0 Å². The van der Waals surface area contributed by atoms with Crippen LogP contribution in [0.25, 0.3) is 0 Å². The van der Waals surface area contributed by atoms with E-state index in [1.54, 1.807) is 0 Å². The molecule has 4 nitrogen and oxygen atoms in total. The molecule has 0 spiro atoms. The molecule has 1 heterocycles. The van der Waals surface area contributed by atoms with Crippen molar-refractivity contribution < 1.29 is 0 Å². The van der Waals surface area contributed by atoms with E-state index in [0.29, 0.717) is 5.11 Å². The summed E-state index contributed by atoms with van der Waals surface area (Å²) in [6.07, 6.45) is 0. The SMILES string of the molecule is Cl.S=C(Nc1ccccc1)Nc1cccc(C2=NCCN2)c1. The molecule has 3 rings (SSSR count). The van der Waals surface area contributed by atoms with E-state index < -0.39 is 0 Å². The largest absolute Gasteiger partial charge is 0.368 e. The Morgan fingerprint density at radius 3 is 2.45 bits per heavy atom. The number of hydrogen-bond donors (Lipinski definition) is 3. The maximum atomic E-state index is 5.33. The lowest BCUT2D eigenvalue weighted by atomic mass is 10.2. The minimum atomic E-state index is 0.